The van der Waals surface area contributed by atoms with Crippen LogP contribution in [0.4, 0.5) is 0 Å². The van der Waals surface area contributed by atoms with Crippen LogP contribution in [0.2, 0.25) is 0 Å². The first-order valence-corrected chi connectivity index (χ1v) is 7.21. The maximum atomic E-state index is 5.68. The van der Waals surface area contributed by atoms with Crippen molar-refractivity contribution in [2.75, 3.05) is 6.61 Å². The Bertz CT molecular complexity index is 479. The van der Waals surface area contributed by atoms with Crippen molar-refractivity contribution in [3.8, 4) is 5.75 Å². The molecule has 18 heavy (non-hydrogen) atoms. The Morgan fingerprint density at radius 3 is 2.67 bits per heavy atom. The molecule has 4 heteroatoms. The van der Waals surface area contributed by atoms with Gasteiger partial charge in [-0.25, -0.2) is 4.98 Å². The number of benzene rings is 1. The normalized spacial score (nSPS) is 10.6. The summed E-state index contributed by atoms with van der Waals surface area (Å²) < 4.78 is 6.91. The maximum Gasteiger partial charge on any atom is 0.119 e. The van der Waals surface area contributed by atoms with Crippen molar-refractivity contribution in [3.05, 3.63) is 45.6 Å². The summed E-state index contributed by atoms with van der Waals surface area (Å²) in [5, 5.41) is 0. The van der Waals surface area contributed by atoms with Crippen molar-refractivity contribution in [2.45, 2.75) is 26.2 Å². The minimum Gasteiger partial charge on any atom is -0.494 e. The average Bonchev–Trinajstić information content (AvgIpc) is 2.77. The van der Waals surface area contributed by atoms with Gasteiger partial charge in [0.25, 0.3) is 0 Å². The van der Waals surface area contributed by atoms with Gasteiger partial charge >= 0.3 is 0 Å². The fraction of sp³-hybridized carbons (Fsp3) is 0.357. The number of hydrogen-bond donors (Lipinski definition) is 1. The molecule has 0 aliphatic heterocycles. The Kier molecular flexibility index (Phi) is 5.04. The van der Waals surface area contributed by atoms with E-state index in [1.165, 1.54) is 15.0 Å². The molecule has 1 heterocycles. The van der Waals surface area contributed by atoms with Gasteiger partial charge in [-0.1, -0.05) is 0 Å². The van der Waals surface area contributed by atoms with Gasteiger partial charge in [-0.3, -0.25) is 0 Å². The van der Waals surface area contributed by atoms with Crippen LogP contribution < -0.4 is 4.74 Å². The smallest absolute Gasteiger partial charge is 0.119 e. The minimum absolute atomic E-state index is 0.768. The predicted molar refractivity (Wildman–Crippen MR) is 80.9 cm³/mol. The highest BCUT2D eigenvalue weighted by molar-refractivity contribution is 14.1. The molecule has 0 atom stereocenters. The molecule has 2 aromatic rings. The zero-order valence-electron chi connectivity index (χ0n) is 10.4. The van der Waals surface area contributed by atoms with Crippen molar-refractivity contribution < 1.29 is 4.74 Å². The first kappa shape index (κ1) is 13.4. The molecule has 96 valence electrons. The molecule has 0 fully saturated rings. The number of aromatic amines is 1. The molecule has 0 unspecified atom stereocenters. The summed E-state index contributed by atoms with van der Waals surface area (Å²) in [5.41, 5.74) is 2.35. The molecule has 0 radical (unpaired) electrons. The molecule has 0 amide bonds. The number of aromatic nitrogens is 2. The Labute approximate surface area is 121 Å². The minimum atomic E-state index is 0.768. The van der Waals surface area contributed by atoms with Crippen LogP contribution in [0.15, 0.2) is 30.6 Å². The van der Waals surface area contributed by atoms with E-state index in [2.05, 4.69) is 51.6 Å². The Morgan fingerprint density at radius 2 is 2.00 bits per heavy atom. The van der Waals surface area contributed by atoms with Crippen LogP contribution in [0.3, 0.4) is 0 Å². The third-order valence-electron chi connectivity index (χ3n) is 2.82. The van der Waals surface area contributed by atoms with Gasteiger partial charge < -0.3 is 9.72 Å². The van der Waals surface area contributed by atoms with E-state index >= 15 is 0 Å². The van der Waals surface area contributed by atoms with Gasteiger partial charge in [-0.15, -0.1) is 0 Å². The number of nitrogens with one attached hydrogen (secondary N) is 1. The third kappa shape index (κ3) is 4.01. The molecule has 1 N–H and O–H groups in total. The summed E-state index contributed by atoms with van der Waals surface area (Å²) in [6, 6.07) is 8.14. The maximum absolute atomic E-state index is 5.68. The van der Waals surface area contributed by atoms with Gasteiger partial charge in [0.1, 0.15) is 5.75 Å². The monoisotopic (exact) mass is 356 g/mol. The summed E-state index contributed by atoms with van der Waals surface area (Å²) >= 11 is 2.29. The van der Waals surface area contributed by atoms with Gasteiger partial charge in [-0.2, -0.15) is 0 Å². The van der Waals surface area contributed by atoms with E-state index in [1.54, 1.807) is 6.33 Å². The van der Waals surface area contributed by atoms with Crippen molar-refractivity contribution in [1.82, 2.24) is 9.97 Å². The second-order valence-corrected chi connectivity index (χ2v) is 5.48. The van der Waals surface area contributed by atoms with Crippen molar-refractivity contribution in [1.29, 1.82) is 0 Å². The SMILES string of the molecule is Cc1[nH]cnc1CCCCOc1ccc(I)cc1. The lowest BCUT2D eigenvalue weighted by Gasteiger charge is -2.05. The highest BCUT2D eigenvalue weighted by Gasteiger charge is 2.00. The lowest BCUT2D eigenvalue weighted by molar-refractivity contribution is 0.306. The first-order valence-electron chi connectivity index (χ1n) is 6.13. The van der Waals surface area contributed by atoms with E-state index in [0.29, 0.717) is 0 Å². The van der Waals surface area contributed by atoms with E-state index in [1.807, 2.05) is 12.1 Å². The van der Waals surface area contributed by atoms with Crippen molar-refractivity contribution >= 4 is 22.6 Å². The summed E-state index contributed by atoms with van der Waals surface area (Å²) in [6.45, 7) is 2.83. The van der Waals surface area contributed by atoms with Gasteiger partial charge in [0.15, 0.2) is 0 Å². The highest BCUT2D eigenvalue weighted by atomic mass is 127. The largest absolute Gasteiger partial charge is 0.494 e. The van der Waals surface area contributed by atoms with Crippen LogP contribution >= 0.6 is 22.6 Å². The molecule has 0 bridgehead atoms. The molecule has 2 rings (SSSR count). The number of nitrogens with zero attached hydrogens (tertiary/aromatic N) is 1. The van der Waals surface area contributed by atoms with E-state index in [-0.39, 0.29) is 0 Å². The van der Waals surface area contributed by atoms with Crippen molar-refractivity contribution in [3.63, 3.8) is 0 Å². The summed E-state index contributed by atoms with van der Waals surface area (Å²) in [5.74, 6) is 0.950. The molecule has 0 saturated carbocycles. The second kappa shape index (κ2) is 6.78. The molecule has 0 saturated heterocycles. The lowest BCUT2D eigenvalue weighted by atomic mass is 10.2. The third-order valence-corrected chi connectivity index (χ3v) is 3.54. The number of unbranched alkanes of at least 4 members (excludes halogenated alkanes) is 1. The first-order chi connectivity index (χ1) is 8.75. The van der Waals surface area contributed by atoms with Crippen LogP contribution in [-0.4, -0.2) is 16.6 Å². The summed E-state index contributed by atoms with van der Waals surface area (Å²) in [4.78, 5) is 7.38. The van der Waals surface area contributed by atoms with E-state index in [9.17, 15) is 0 Å². The van der Waals surface area contributed by atoms with Crippen LogP contribution in [0.5, 0.6) is 5.75 Å². The summed E-state index contributed by atoms with van der Waals surface area (Å²) in [6.07, 6.45) is 4.94. The van der Waals surface area contributed by atoms with Crippen LogP contribution in [0.25, 0.3) is 0 Å². The van der Waals surface area contributed by atoms with E-state index in [0.717, 1.165) is 31.6 Å². The summed E-state index contributed by atoms with van der Waals surface area (Å²) in [7, 11) is 0. The zero-order chi connectivity index (χ0) is 12.8. The van der Waals surface area contributed by atoms with E-state index < -0.39 is 0 Å². The number of halogens is 1. The Hall–Kier alpha value is -1.04. The number of rotatable bonds is 6. The molecule has 0 spiro atoms. The number of aryl methyl sites for hydroxylation is 2. The number of H-pyrrole nitrogens is 1. The van der Waals surface area contributed by atoms with Crippen molar-refractivity contribution in [2.24, 2.45) is 0 Å². The molecule has 0 aliphatic carbocycles. The predicted octanol–water partition coefficient (Wildman–Crippen LogP) is 3.72. The van der Waals surface area contributed by atoms with Gasteiger partial charge in [0, 0.05) is 9.26 Å². The highest BCUT2D eigenvalue weighted by Crippen LogP contribution is 2.14. The quantitative estimate of drug-likeness (QED) is 0.633. The second-order valence-electron chi connectivity index (χ2n) is 4.23. The Balaban J connectivity index is 1.64. The molecular formula is C14H17IN2O. The number of ether oxygens (including phenoxy) is 1. The number of hydrogen-bond acceptors (Lipinski definition) is 2. The Morgan fingerprint density at radius 1 is 1.22 bits per heavy atom. The topological polar surface area (TPSA) is 37.9 Å². The fourth-order valence-electron chi connectivity index (χ4n) is 1.75. The van der Waals surface area contributed by atoms with Gasteiger partial charge in [-0.05, 0) is 73.0 Å². The van der Waals surface area contributed by atoms with Gasteiger partial charge in [0.05, 0.1) is 18.6 Å². The molecular weight excluding hydrogens is 339 g/mol. The molecule has 1 aromatic carbocycles. The standard InChI is InChI=1S/C14H17IN2O/c1-11-14(17-10-16-11)4-2-3-9-18-13-7-5-12(15)6-8-13/h5-8,10H,2-4,9H2,1H3,(H,16,17). The average molecular weight is 356 g/mol. The lowest BCUT2D eigenvalue weighted by Crippen LogP contribution is -1.99. The van der Waals surface area contributed by atoms with Crippen LogP contribution in [0, 0.1) is 10.5 Å². The fourth-order valence-corrected chi connectivity index (χ4v) is 2.11. The molecule has 1 aromatic heterocycles. The molecule has 3 nitrogen and oxygen atoms in total. The number of imidazole rings is 1. The van der Waals surface area contributed by atoms with E-state index in [4.69, 9.17) is 4.74 Å². The van der Waals surface area contributed by atoms with Crippen LogP contribution in [-0.2, 0) is 6.42 Å². The zero-order valence-corrected chi connectivity index (χ0v) is 12.6. The molecule has 0 aliphatic rings. The van der Waals surface area contributed by atoms with Crippen LogP contribution in [0.1, 0.15) is 24.2 Å². The van der Waals surface area contributed by atoms with Gasteiger partial charge in [0.2, 0.25) is 0 Å².